The van der Waals surface area contributed by atoms with Gasteiger partial charge in [-0.15, -0.1) is 11.8 Å². The van der Waals surface area contributed by atoms with Crippen molar-refractivity contribution in [3.8, 4) is 0 Å². The van der Waals surface area contributed by atoms with E-state index in [0.29, 0.717) is 15.8 Å². The van der Waals surface area contributed by atoms with Crippen LogP contribution in [0.1, 0.15) is 41.6 Å². The van der Waals surface area contributed by atoms with Gasteiger partial charge in [-0.1, -0.05) is 54.4 Å². The molecule has 0 radical (unpaired) electrons. The van der Waals surface area contributed by atoms with Gasteiger partial charge < -0.3 is 5.32 Å². The quantitative estimate of drug-likeness (QED) is 0.612. The van der Waals surface area contributed by atoms with Crippen molar-refractivity contribution < 1.29 is 4.79 Å². The van der Waals surface area contributed by atoms with Crippen LogP contribution in [-0.2, 0) is 10.5 Å². The lowest BCUT2D eigenvalue weighted by molar-refractivity contribution is -0.119. The second-order valence-electron chi connectivity index (χ2n) is 6.11. The first-order chi connectivity index (χ1) is 11.9. The van der Waals surface area contributed by atoms with Crippen LogP contribution < -0.4 is 5.32 Å². The van der Waals surface area contributed by atoms with E-state index in [-0.39, 0.29) is 11.9 Å². The van der Waals surface area contributed by atoms with Crippen LogP contribution in [0.2, 0.25) is 10.0 Å². The van der Waals surface area contributed by atoms with Crippen LogP contribution in [0, 0.1) is 13.8 Å². The Morgan fingerprint density at radius 3 is 2.48 bits per heavy atom. The van der Waals surface area contributed by atoms with Crippen molar-refractivity contribution in [2.24, 2.45) is 0 Å². The van der Waals surface area contributed by atoms with Gasteiger partial charge in [0.05, 0.1) is 21.8 Å². The standard InChI is InChI=1S/C20H23Cl2NOS/c1-4-19(16-7-5-13(2)14(3)9-16)23-20(24)12-25-11-15-6-8-17(21)18(22)10-15/h5-10,19H,4,11-12H2,1-3H3,(H,23,24). The first-order valence-corrected chi connectivity index (χ1v) is 10.2. The molecule has 0 aromatic heterocycles. The van der Waals surface area contributed by atoms with Crippen molar-refractivity contribution in [3.05, 3.63) is 68.7 Å². The Bertz CT molecular complexity index is 748. The Kier molecular flexibility index (Phi) is 7.67. The van der Waals surface area contributed by atoms with E-state index >= 15 is 0 Å². The average molecular weight is 396 g/mol. The molecule has 0 aliphatic carbocycles. The van der Waals surface area contributed by atoms with Crippen molar-refractivity contribution in [3.63, 3.8) is 0 Å². The molecule has 0 saturated heterocycles. The van der Waals surface area contributed by atoms with Crippen molar-refractivity contribution in [1.82, 2.24) is 5.32 Å². The summed E-state index contributed by atoms with van der Waals surface area (Å²) in [5.41, 5.74) is 4.74. The van der Waals surface area contributed by atoms with Crippen molar-refractivity contribution in [2.75, 3.05) is 5.75 Å². The second kappa shape index (κ2) is 9.51. The number of carbonyl (C=O) groups excluding carboxylic acids is 1. The minimum absolute atomic E-state index is 0.0511. The van der Waals surface area contributed by atoms with Gasteiger partial charge in [0.1, 0.15) is 0 Å². The normalized spacial score (nSPS) is 12.0. The van der Waals surface area contributed by atoms with Crippen LogP contribution in [0.25, 0.3) is 0 Å². The maximum atomic E-state index is 12.3. The maximum Gasteiger partial charge on any atom is 0.230 e. The molecule has 0 saturated carbocycles. The summed E-state index contributed by atoms with van der Waals surface area (Å²) in [4.78, 5) is 12.3. The molecule has 0 bridgehead atoms. The molecular weight excluding hydrogens is 373 g/mol. The van der Waals surface area contributed by atoms with Crippen LogP contribution in [0.3, 0.4) is 0 Å². The second-order valence-corrected chi connectivity index (χ2v) is 7.91. The summed E-state index contributed by atoms with van der Waals surface area (Å²) in [6, 6.07) is 12.0. The van der Waals surface area contributed by atoms with Crippen molar-refractivity contribution in [1.29, 1.82) is 0 Å². The zero-order chi connectivity index (χ0) is 18.4. The molecule has 2 rings (SSSR count). The molecule has 0 heterocycles. The average Bonchev–Trinajstić information content (AvgIpc) is 2.58. The maximum absolute atomic E-state index is 12.3. The molecule has 1 atom stereocenters. The van der Waals surface area contributed by atoms with E-state index in [1.54, 1.807) is 17.8 Å². The number of halogens is 2. The first kappa shape index (κ1) is 20.2. The molecule has 0 fully saturated rings. The van der Waals surface area contributed by atoms with Gasteiger partial charge in [0.2, 0.25) is 5.91 Å². The molecule has 0 aliphatic rings. The van der Waals surface area contributed by atoms with Gasteiger partial charge in [-0.05, 0) is 54.7 Å². The summed E-state index contributed by atoms with van der Waals surface area (Å²) in [5, 5.41) is 4.22. The van der Waals surface area contributed by atoms with E-state index in [0.717, 1.165) is 23.3 Å². The van der Waals surface area contributed by atoms with Crippen LogP contribution in [0.15, 0.2) is 36.4 Å². The Labute approximate surface area is 164 Å². The molecule has 134 valence electrons. The SMILES string of the molecule is CCC(NC(=O)CSCc1ccc(Cl)c(Cl)c1)c1ccc(C)c(C)c1. The number of thioether (sulfide) groups is 1. The van der Waals surface area contributed by atoms with Gasteiger partial charge in [0.15, 0.2) is 0 Å². The Hall–Kier alpha value is -1.16. The number of amides is 1. The van der Waals surface area contributed by atoms with Gasteiger partial charge in [-0.25, -0.2) is 0 Å². The van der Waals surface area contributed by atoms with E-state index in [1.807, 2.05) is 12.1 Å². The highest BCUT2D eigenvalue weighted by Gasteiger charge is 2.13. The minimum atomic E-state index is 0.0511. The molecule has 2 aromatic carbocycles. The third-order valence-electron chi connectivity index (χ3n) is 4.16. The van der Waals surface area contributed by atoms with Crippen LogP contribution in [0.5, 0.6) is 0 Å². The Balaban J connectivity index is 1.87. The third kappa shape index (κ3) is 5.95. The monoisotopic (exact) mass is 395 g/mol. The highest BCUT2D eigenvalue weighted by Crippen LogP contribution is 2.25. The molecule has 1 N–H and O–H groups in total. The molecule has 2 aromatic rings. The molecule has 0 aliphatic heterocycles. The Morgan fingerprint density at radius 2 is 1.84 bits per heavy atom. The number of aryl methyl sites for hydroxylation is 2. The number of hydrogen-bond acceptors (Lipinski definition) is 2. The van der Waals surface area contributed by atoms with Gasteiger partial charge in [-0.3, -0.25) is 4.79 Å². The number of carbonyl (C=O) groups is 1. The molecular formula is C20H23Cl2NOS. The fourth-order valence-electron chi connectivity index (χ4n) is 2.53. The molecule has 0 spiro atoms. The highest BCUT2D eigenvalue weighted by atomic mass is 35.5. The van der Waals surface area contributed by atoms with Gasteiger partial charge in [0.25, 0.3) is 0 Å². The molecule has 1 amide bonds. The number of hydrogen-bond donors (Lipinski definition) is 1. The third-order valence-corrected chi connectivity index (χ3v) is 5.91. The molecule has 1 unspecified atom stereocenters. The largest absolute Gasteiger partial charge is 0.349 e. The lowest BCUT2D eigenvalue weighted by Crippen LogP contribution is -2.29. The predicted molar refractivity (Wildman–Crippen MR) is 110 cm³/mol. The van der Waals surface area contributed by atoms with Crippen LogP contribution in [0.4, 0.5) is 0 Å². The van der Waals surface area contributed by atoms with E-state index < -0.39 is 0 Å². The van der Waals surface area contributed by atoms with E-state index in [2.05, 4.69) is 44.3 Å². The van der Waals surface area contributed by atoms with E-state index in [9.17, 15) is 4.79 Å². The lowest BCUT2D eigenvalue weighted by atomic mass is 9.99. The zero-order valence-electron chi connectivity index (χ0n) is 14.7. The summed E-state index contributed by atoms with van der Waals surface area (Å²) in [6.45, 7) is 6.28. The van der Waals surface area contributed by atoms with Crippen LogP contribution >= 0.6 is 35.0 Å². The summed E-state index contributed by atoms with van der Waals surface area (Å²) in [5.74, 6) is 1.20. The number of nitrogens with one attached hydrogen (secondary N) is 1. The molecule has 2 nitrogen and oxygen atoms in total. The van der Waals surface area contributed by atoms with Gasteiger partial charge in [0, 0.05) is 5.75 Å². The number of rotatable bonds is 7. The first-order valence-electron chi connectivity index (χ1n) is 8.29. The smallest absolute Gasteiger partial charge is 0.230 e. The Morgan fingerprint density at radius 1 is 1.08 bits per heavy atom. The molecule has 5 heteroatoms. The predicted octanol–water partition coefficient (Wildman–Crippen LogP) is 6.11. The summed E-state index contributed by atoms with van der Waals surface area (Å²) in [7, 11) is 0. The van der Waals surface area contributed by atoms with Crippen LogP contribution in [-0.4, -0.2) is 11.7 Å². The van der Waals surface area contributed by atoms with E-state index in [4.69, 9.17) is 23.2 Å². The van der Waals surface area contributed by atoms with Gasteiger partial charge >= 0.3 is 0 Å². The summed E-state index contributed by atoms with van der Waals surface area (Å²) >= 11 is 13.5. The van der Waals surface area contributed by atoms with E-state index in [1.165, 1.54) is 11.1 Å². The van der Waals surface area contributed by atoms with Crippen molar-refractivity contribution >= 4 is 40.9 Å². The number of benzene rings is 2. The fraction of sp³-hybridized carbons (Fsp3) is 0.350. The summed E-state index contributed by atoms with van der Waals surface area (Å²) < 4.78 is 0. The zero-order valence-corrected chi connectivity index (χ0v) is 17.1. The summed E-state index contributed by atoms with van der Waals surface area (Å²) in [6.07, 6.45) is 0.867. The molecule has 25 heavy (non-hydrogen) atoms. The lowest BCUT2D eigenvalue weighted by Gasteiger charge is -2.18. The highest BCUT2D eigenvalue weighted by molar-refractivity contribution is 7.99. The fourth-order valence-corrected chi connectivity index (χ4v) is 3.64. The van der Waals surface area contributed by atoms with Gasteiger partial charge in [-0.2, -0.15) is 0 Å². The van der Waals surface area contributed by atoms with Crippen molar-refractivity contribution in [2.45, 2.75) is 39.0 Å². The topological polar surface area (TPSA) is 29.1 Å². The minimum Gasteiger partial charge on any atom is -0.349 e.